The van der Waals surface area contributed by atoms with Crippen LogP contribution in [0.2, 0.25) is 0 Å². The van der Waals surface area contributed by atoms with Crippen molar-refractivity contribution in [1.82, 2.24) is 0 Å². The highest BCUT2D eigenvalue weighted by Gasteiger charge is 2.16. The van der Waals surface area contributed by atoms with Crippen LogP contribution >= 0.6 is 0 Å². The third kappa shape index (κ3) is 2.56. The fourth-order valence-corrected chi connectivity index (χ4v) is 1.80. The van der Waals surface area contributed by atoms with E-state index in [4.69, 9.17) is 5.41 Å². The van der Waals surface area contributed by atoms with Crippen molar-refractivity contribution >= 4 is 16.0 Å². The van der Waals surface area contributed by atoms with E-state index in [1.54, 1.807) is 25.1 Å². The van der Waals surface area contributed by atoms with E-state index in [0.29, 0.717) is 0 Å². The molecule has 5 heteroatoms. The Morgan fingerprint density at radius 3 is 2.43 bits per heavy atom. The molecule has 0 fully saturated rings. The molecular weight excluding hydrogens is 202 g/mol. The zero-order valence-electron chi connectivity index (χ0n) is 7.73. The molecule has 1 rings (SSSR count). The molecule has 0 bridgehead atoms. The molecule has 1 aromatic carbocycles. The number of nitrogens with one attached hydrogen (secondary N) is 1. The van der Waals surface area contributed by atoms with Gasteiger partial charge in [-0.15, -0.1) is 0 Å². The Balaban J connectivity index is 2.93. The third-order valence-corrected chi connectivity index (χ3v) is 2.83. The molecule has 0 aliphatic carbocycles. The summed E-state index contributed by atoms with van der Waals surface area (Å²) < 4.78 is 27.4. The van der Waals surface area contributed by atoms with Gasteiger partial charge in [0.2, 0.25) is 5.90 Å². The lowest BCUT2D eigenvalue weighted by molar-refractivity contribution is 0.473. The summed E-state index contributed by atoms with van der Waals surface area (Å²) in [5, 5.41) is 7.14. The van der Waals surface area contributed by atoms with E-state index >= 15 is 0 Å². The van der Waals surface area contributed by atoms with Crippen LogP contribution in [0, 0.1) is 5.41 Å². The van der Waals surface area contributed by atoms with Crippen LogP contribution in [0.5, 0.6) is 0 Å². The number of benzene rings is 1. The number of rotatable bonds is 3. The van der Waals surface area contributed by atoms with Gasteiger partial charge in [0.1, 0.15) is 4.90 Å². The average molecular weight is 213 g/mol. The van der Waals surface area contributed by atoms with Gasteiger partial charge in [-0.25, -0.2) is 0 Å². The highest BCUT2D eigenvalue weighted by atomic mass is 32.2. The second-order valence-corrected chi connectivity index (χ2v) is 4.17. The monoisotopic (exact) mass is 213 g/mol. The summed E-state index contributed by atoms with van der Waals surface area (Å²) in [6.07, 6.45) is 0.256. The molecule has 0 heterocycles. The molecule has 0 amide bonds. The largest absolute Gasteiger partial charge is 0.364 e. The maximum absolute atomic E-state index is 11.4. The molecule has 0 radical (unpaired) electrons. The van der Waals surface area contributed by atoms with Crippen molar-refractivity contribution in [2.75, 3.05) is 0 Å². The maximum Gasteiger partial charge on any atom is 0.340 e. The van der Waals surface area contributed by atoms with E-state index in [1.807, 2.05) is 0 Å². The van der Waals surface area contributed by atoms with Crippen LogP contribution in [0.15, 0.2) is 35.2 Å². The third-order valence-electron chi connectivity index (χ3n) is 1.56. The average Bonchev–Trinajstić information content (AvgIpc) is 2.18. The molecule has 76 valence electrons. The molecule has 0 atom stereocenters. The molecule has 0 unspecified atom stereocenters. The summed E-state index contributed by atoms with van der Waals surface area (Å²) in [5.74, 6) is -0.256. The Morgan fingerprint density at radius 2 is 1.93 bits per heavy atom. The minimum Gasteiger partial charge on any atom is -0.364 e. The van der Waals surface area contributed by atoms with Gasteiger partial charge in [0, 0.05) is 6.42 Å². The van der Waals surface area contributed by atoms with E-state index in [1.165, 1.54) is 12.1 Å². The van der Waals surface area contributed by atoms with Crippen molar-refractivity contribution in [1.29, 1.82) is 5.41 Å². The molecule has 1 aromatic rings. The second-order valence-electron chi connectivity index (χ2n) is 2.63. The van der Waals surface area contributed by atoms with Gasteiger partial charge < -0.3 is 4.18 Å². The summed E-state index contributed by atoms with van der Waals surface area (Å²) >= 11 is 0. The number of hydrogen-bond acceptors (Lipinski definition) is 4. The van der Waals surface area contributed by atoms with Crippen LogP contribution in [-0.4, -0.2) is 14.3 Å². The predicted molar refractivity (Wildman–Crippen MR) is 52.7 cm³/mol. The van der Waals surface area contributed by atoms with Gasteiger partial charge in [-0.05, 0) is 12.1 Å². The molecular formula is C9H11NO3S. The molecule has 0 aliphatic rings. The van der Waals surface area contributed by atoms with Gasteiger partial charge in [0.25, 0.3) is 0 Å². The van der Waals surface area contributed by atoms with Crippen LogP contribution in [-0.2, 0) is 14.3 Å². The lowest BCUT2D eigenvalue weighted by atomic mass is 10.4. The lowest BCUT2D eigenvalue weighted by Crippen LogP contribution is -2.11. The van der Waals surface area contributed by atoms with Crippen LogP contribution in [0.1, 0.15) is 13.3 Å². The van der Waals surface area contributed by atoms with E-state index in [9.17, 15) is 8.42 Å². The normalized spacial score (nSPS) is 10.9. The first kappa shape index (κ1) is 10.7. The standard InChI is InChI=1S/C9H11NO3S/c1-2-9(10)13-14(11,12)8-6-4-3-5-7-8/h3-7,10H,2H2,1H3. The molecule has 4 nitrogen and oxygen atoms in total. The lowest BCUT2D eigenvalue weighted by Gasteiger charge is -2.05. The second kappa shape index (κ2) is 4.23. The van der Waals surface area contributed by atoms with Crippen LogP contribution in [0.4, 0.5) is 0 Å². The molecule has 14 heavy (non-hydrogen) atoms. The smallest absolute Gasteiger partial charge is 0.340 e. The van der Waals surface area contributed by atoms with Gasteiger partial charge in [0.15, 0.2) is 0 Å². The molecule has 0 saturated heterocycles. The van der Waals surface area contributed by atoms with Crippen LogP contribution < -0.4 is 0 Å². The van der Waals surface area contributed by atoms with E-state index in [2.05, 4.69) is 4.18 Å². The summed E-state index contributed by atoms with van der Waals surface area (Å²) in [4.78, 5) is 0.0678. The molecule has 0 aliphatic heterocycles. The van der Waals surface area contributed by atoms with Crippen molar-refractivity contribution in [3.8, 4) is 0 Å². The van der Waals surface area contributed by atoms with Crippen molar-refractivity contribution in [3.05, 3.63) is 30.3 Å². The fraction of sp³-hybridized carbons (Fsp3) is 0.222. The Labute approximate surface area is 83.2 Å². The van der Waals surface area contributed by atoms with Crippen LogP contribution in [0.25, 0.3) is 0 Å². The van der Waals surface area contributed by atoms with Crippen molar-refractivity contribution in [2.24, 2.45) is 0 Å². The van der Waals surface area contributed by atoms with Gasteiger partial charge >= 0.3 is 10.1 Å². The summed E-state index contributed by atoms with van der Waals surface area (Å²) in [5.41, 5.74) is 0. The van der Waals surface area contributed by atoms with Gasteiger partial charge in [-0.1, -0.05) is 25.1 Å². The van der Waals surface area contributed by atoms with Gasteiger partial charge in [-0.2, -0.15) is 8.42 Å². The zero-order chi connectivity index (χ0) is 10.6. The Morgan fingerprint density at radius 1 is 1.36 bits per heavy atom. The highest BCUT2D eigenvalue weighted by molar-refractivity contribution is 7.87. The Hall–Kier alpha value is -1.36. The van der Waals surface area contributed by atoms with Crippen molar-refractivity contribution < 1.29 is 12.6 Å². The molecule has 0 saturated carbocycles. The predicted octanol–water partition coefficient (Wildman–Crippen LogP) is 1.78. The fourth-order valence-electron chi connectivity index (χ4n) is 0.827. The summed E-state index contributed by atoms with van der Waals surface area (Å²) in [7, 11) is -3.80. The minimum absolute atomic E-state index is 0.0678. The maximum atomic E-state index is 11.4. The molecule has 1 N–H and O–H groups in total. The zero-order valence-corrected chi connectivity index (χ0v) is 8.54. The van der Waals surface area contributed by atoms with Gasteiger partial charge in [0.05, 0.1) is 0 Å². The Bertz CT molecular complexity index is 411. The van der Waals surface area contributed by atoms with Crippen molar-refractivity contribution in [3.63, 3.8) is 0 Å². The first-order valence-corrected chi connectivity index (χ1v) is 5.54. The summed E-state index contributed by atoms with van der Waals surface area (Å²) in [6, 6.07) is 7.78. The van der Waals surface area contributed by atoms with Crippen LogP contribution in [0.3, 0.4) is 0 Å². The first-order chi connectivity index (χ1) is 6.56. The van der Waals surface area contributed by atoms with Crippen molar-refractivity contribution in [2.45, 2.75) is 18.2 Å². The SMILES string of the molecule is CCC(=N)OS(=O)(=O)c1ccccc1. The molecule has 0 spiro atoms. The van der Waals surface area contributed by atoms with E-state index in [0.717, 1.165) is 0 Å². The van der Waals surface area contributed by atoms with E-state index in [-0.39, 0.29) is 17.2 Å². The van der Waals surface area contributed by atoms with E-state index < -0.39 is 10.1 Å². The number of hydrogen-bond donors (Lipinski definition) is 1. The highest BCUT2D eigenvalue weighted by Crippen LogP contribution is 2.11. The quantitative estimate of drug-likeness (QED) is 0.472. The molecule has 0 aromatic heterocycles. The Kier molecular flexibility index (Phi) is 3.24. The van der Waals surface area contributed by atoms with Gasteiger partial charge in [-0.3, -0.25) is 5.41 Å². The summed E-state index contributed by atoms with van der Waals surface area (Å²) in [6.45, 7) is 1.66. The first-order valence-electron chi connectivity index (χ1n) is 4.13. The minimum atomic E-state index is -3.80. The topological polar surface area (TPSA) is 67.2 Å².